The van der Waals surface area contributed by atoms with Crippen molar-refractivity contribution in [3.63, 3.8) is 0 Å². The Morgan fingerprint density at radius 1 is 1.12 bits per heavy atom. The van der Waals surface area contributed by atoms with Gasteiger partial charge in [0.15, 0.2) is 0 Å². The van der Waals surface area contributed by atoms with Crippen LogP contribution in [-0.4, -0.2) is 46.0 Å². The van der Waals surface area contributed by atoms with Crippen LogP contribution >= 0.6 is 0 Å². The van der Waals surface area contributed by atoms with Gasteiger partial charge in [0.1, 0.15) is 12.1 Å². The second-order valence-electron chi connectivity index (χ2n) is 7.02. The number of rotatable bonds is 4. The minimum Gasteiger partial charge on any atom is -0.357 e. The van der Waals surface area contributed by atoms with Crippen LogP contribution in [0.25, 0.3) is 17.0 Å². The van der Waals surface area contributed by atoms with Gasteiger partial charge in [-0.05, 0) is 36.9 Å². The Hall–Kier alpha value is -2.66. The van der Waals surface area contributed by atoms with E-state index < -0.39 is 0 Å². The number of anilines is 1. The number of aromatic amines is 1. The molecule has 5 nitrogen and oxygen atoms in total. The van der Waals surface area contributed by atoms with Crippen LogP contribution < -0.4 is 4.90 Å². The first-order chi connectivity index (χ1) is 12.6. The number of hydrogen-bond donors (Lipinski definition) is 1. The van der Waals surface area contributed by atoms with Gasteiger partial charge in [0.25, 0.3) is 0 Å². The zero-order valence-electron chi connectivity index (χ0n) is 15.5. The largest absolute Gasteiger partial charge is 0.357 e. The molecule has 2 aromatic heterocycles. The normalized spacial score (nSPS) is 15.5. The summed E-state index contributed by atoms with van der Waals surface area (Å²) in [5, 5.41) is 1.26. The summed E-state index contributed by atoms with van der Waals surface area (Å²) in [5.74, 6) is 1.08. The van der Waals surface area contributed by atoms with Gasteiger partial charge in [0, 0.05) is 55.2 Å². The van der Waals surface area contributed by atoms with Gasteiger partial charge in [-0.15, -0.1) is 0 Å². The van der Waals surface area contributed by atoms with Crippen LogP contribution in [0.2, 0.25) is 0 Å². The van der Waals surface area contributed by atoms with Gasteiger partial charge in [-0.2, -0.15) is 0 Å². The third-order valence-electron chi connectivity index (χ3n) is 5.31. The number of fused-ring (bicyclic) bond motifs is 1. The van der Waals surface area contributed by atoms with Crippen molar-refractivity contribution in [2.75, 3.05) is 31.1 Å². The Bertz CT molecular complexity index is 935. The van der Waals surface area contributed by atoms with E-state index in [-0.39, 0.29) is 0 Å². The van der Waals surface area contributed by atoms with Crippen LogP contribution in [0.1, 0.15) is 22.5 Å². The Labute approximate surface area is 154 Å². The van der Waals surface area contributed by atoms with Gasteiger partial charge in [0.2, 0.25) is 0 Å². The smallest absolute Gasteiger partial charge is 0.135 e. The van der Waals surface area contributed by atoms with Crippen molar-refractivity contribution < 1.29 is 0 Å². The highest BCUT2D eigenvalue weighted by Gasteiger charge is 2.20. The Morgan fingerprint density at radius 2 is 1.92 bits per heavy atom. The van der Waals surface area contributed by atoms with Gasteiger partial charge >= 0.3 is 0 Å². The fourth-order valence-corrected chi connectivity index (χ4v) is 3.62. The molecule has 134 valence electrons. The maximum Gasteiger partial charge on any atom is 0.135 e. The highest BCUT2D eigenvalue weighted by Crippen LogP contribution is 2.22. The molecule has 1 N–H and O–H groups in total. The first kappa shape index (κ1) is 16.8. The molecule has 0 radical (unpaired) electrons. The highest BCUT2D eigenvalue weighted by molar-refractivity contribution is 5.82. The quantitative estimate of drug-likeness (QED) is 0.784. The van der Waals surface area contributed by atoms with E-state index in [0.717, 1.165) is 49.8 Å². The number of hydrogen-bond acceptors (Lipinski definition) is 4. The lowest BCUT2D eigenvalue weighted by Crippen LogP contribution is -2.46. The Morgan fingerprint density at radius 3 is 2.69 bits per heavy atom. The van der Waals surface area contributed by atoms with E-state index in [1.807, 2.05) is 13.0 Å². The average Bonchev–Trinajstić information content (AvgIpc) is 3.06. The van der Waals surface area contributed by atoms with Crippen LogP contribution in [0.15, 0.2) is 37.2 Å². The predicted octanol–water partition coefficient (Wildman–Crippen LogP) is 3.54. The summed E-state index contributed by atoms with van der Waals surface area (Å²) < 4.78 is 0. The van der Waals surface area contributed by atoms with E-state index in [1.165, 1.54) is 22.2 Å². The second kappa shape index (κ2) is 6.92. The van der Waals surface area contributed by atoms with Crippen molar-refractivity contribution in [2.24, 2.45) is 0 Å². The van der Waals surface area contributed by atoms with E-state index in [0.29, 0.717) is 0 Å². The molecule has 1 saturated heterocycles. The molecular weight excluding hydrogens is 322 g/mol. The van der Waals surface area contributed by atoms with Crippen molar-refractivity contribution in [3.05, 3.63) is 59.7 Å². The number of H-pyrrole nitrogens is 1. The topological polar surface area (TPSA) is 48.1 Å². The maximum absolute atomic E-state index is 4.50. The third kappa shape index (κ3) is 3.22. The lowest BCUT2D eigenvalue weighted by Gasteiger charge is -2.35. The number of piperazine rings is 1. The lowest BCUT2D eigenvalue weighted by atomic mass is 10.1. The minimum atomic E-state index is 0.952. The zero-order valence-corrected chi connectivity index (χ0v) is 15.5. The summed E-state index contributed by atoms with van der Waals surface area (Å²) in [7, 11) is 0. The van der Waals surface area contributed by atoms with Crippen molar-refractivity contribution in [1.29, 1.82) is 0 Å². The number of aryl methyl sites for hydroxylation is 1. The van der Waals surface area contributed by atoms with Crippen LogP contribution in [0, 0.1) is 13.8 Å². The molecule has 1 aliphatic heterocycles. The maximum atomic E-state index is 4.50. The van der Waals surface area contributed by atoms with Gasteiger partial charge in [-0.1, -0.05) is 24.8 Å². The van der Waals surface area contributed by atoms with Gasteiger partial charge in [-0.3, -0.25) is 4.90 Å². The molecule has 0 unspecified atom stereocenters. The zero-order chi connectivity index (χ0) is 18.1. The molecular formula is C21H25N5. The summed E-state index contributed by atoms with van der Waals surface area (Å²) in [5.41, 5.74) is 5.85. The molecule has 0 amide bonds. The summed E-state index contributed by atoms with van der Waals surface area (Å²) in [6.07, 6.45) is 3.56. The molecule has 0 saturated carbocycles. The monoisotopic (exact) mass is 347 g/mol. The Balaban J connectivity index is 1.42. The fraction of sp³-hybridized carbons (Fsp3) is 0.333. The summed E-state index contributed by atoms with van der Waals surface area (Å²) >= 11 is 0. The molecule has 5 heteroatoms. The predicted molar refractivity (Wildman–Crippen MR) is 107 cm³/mol. The summed E-state index contributed by atoms with van der Waals surface area (Å²) in [6.45, 7) is 13.0. The molecule has 0 atom stereocenters. The molecule has 0 spiro atoms. The summed E-state index contributed by atoms with van der Waals surface area (Å²) in [4.78, 5) is 17.2. The minimum absolute atomic E-state index is 0.952. The van der Waals surface area contributed by atoms with Crippen LogP contribution in [0.5, 0.6) is 0 Å². The van der Waals surface area contributed by atoms with Crippen molar-refractivity contribution in [3.8, 4) is 0 Å². The van der Waals surface area contributed by atoms with Gasteiger partial charge in [-0.25, -0.2) is 9.97 Å². The number of nitrogens with one attached hydrogen (secondary N) is 1. The standard InChI is InChI=1S/C21H25N5/c1-4-17-5-6-18-12-19(24-20(18)11-17)13-25-7-9-26(10-8-25)21-15(2)16(3)22-14-23-21/h4-6,11-12,14,24H,1,7-10,13H2,2-3H3. The van der Waals surface area contributed by atoms with E-state index in [9.17, 15) is 0 Å². The third-order valence-corrected chi connectivity index (χ3v) is 5.31. The molecule has 0 aliphatic carbocycles. The number of benzene rings is 1. The van der Waals surface area contributed by atoms with E-state index in [2.05, 4.69) is 62.5 Å². The molecule has 1 aliphatic rings. The first-order valence-electron chi connectivity index (χ1n) is 9.13. The fourth-order valence-electron chi connectivity index (χ4n) is 3.62. The molecule has 0 bridgehead atoms. The van der Waals surface area contributed by atoms with Gasteiger partial charge < -0.3 is 9.88 Å². The van der Waals surface area contributed by atoms with E-state index in [4.69, 9.17) is 0 Å². The molecule has 1 fully saturated rings. The van der Waals surface area contributed by atoms with Crippen molar-refractivity contribution >= 4 is 22.8 Å². The summed E-state index contributed by atoms with van der Waals surface area (Å²) in [6, 6.07) is 8.68. The van der Waals surface area contributed by atoms with E-state index in [1.54, 1.807) is 6.33 Å². The van der Waals surface area contributed by atoms with Crippen LogP contribution in [0.3, 0.4) is 0 Å². The molecule has 4 rings (SSSR count). The molecule has 1 aromatic carbocycles. The first-order valence-corrected chi connectivity index (χ1v) is 9.13. The van der Waals surface area contributed by atoms with Crippen LogP contribution in [-0.2, 0) is 6.54 Å². The van der Waals surface area contributed by atoms with Crippen molar-refractivity contribution in [2.45, 2.75) is 20.4 Å². The highest BCUT2D eigenvalue weighted by atomic mass is 15.3. The average molecular weight is 347 g/mol. The van der Waals surface area contributed by atoms with Crippen molar-refractivity contribution in [1.82, 2.24) is 19.9 Å². The Kier molecular flexibility index (Phi) is 4.47. The molecule has 26 heavy (non-hydrogen) atoms. The van der Waals surface area contributed by atoms with Crippen LogP contribution in [0.4, 0.5) is 5.82 Å². The number of nitrogens with zero attached hydrogens (tertiary/aromatic N) is 4. The molecule has 3 aromatic rings. The number of aromatic nitrogens is 3. The second-order valence-corrected chi connectivity index (χ2v) is 7.02. The SMILES string of the molecule is C=Cc1ccc2cc(CN3CCN(c4ncnc(C)c4C)CC3)[nH]c2c1. The molecule has 3 heterocycles. The van der Waals surface area contributed by atoms with Gasteiger partial charge in [0.05, 0.1) is 0 Å². The lowest BCUT2D eigenvalue weighted by molar-refractivity contribution is 0.247. The van der Waals surface area contributed by atoms with E-state index >= 15 is 0 Å².